The minimum absolute atomic E-state index is 0.184. The van der Waals surface area contributed by atoms with Gasteiger partial charge in [0.15, 0.2) is 0 Å². The lowest BCUT2D eigenvalue weighted by Gasteiger charge is -2.29. The van der Waals surface area contributed by atoms with E-state index in [2.05, 4.69) is 5.32 Å². The largest absolute Gasteiger partial charge is 0.493 e. The zero-order chi connectivity index (χ0) is 15.5. The van der Waals surface area contributed by atoms with Crippen molar-refractivity contribution < 1.29 is 9.53 Å². The zero-order valence-corrected chi connectivity index (χ0v) is 13.7. The highest BCUT2D eigenvalue weighted by atomic mass is 35.5. The molecule has 1 aromatic carbocycles. The van der Waals surface area contributed by atoms with Crippen LogP contribution in [0.4, 0.5) is 0 Å². The predicted octanol–water partition coefficient (Wildman–Crippen LogP) is 1.14. The molecule has 1 aromatic rings. The van der Waals surface area contributed by atoms with Gasteiger partial charge in [-0.15, -0.1) is 0 Å². The SMILES string of the molecule is CN(CC(=O)N1CCNCC1)Cc1cc(Cl)cc2c1OCC2. The Morgan fingerprint density at radius 1 is 1.41 bits per heavy atom. The van der Waals surface area contributed by atoms with Crippen molar-refractivity contribution in [2.24, 2.45) is 0 Å². The van der Waals surface area contributed by atoms with Crippen LogP contribution in [-0.2, 0) is 17.8 Å². The van der Waals surface area contributed by atoms with E-state index in [1.807, 2.05) is 29.0 Å². The lowest BCUT2D eigenvalue weighted by atomic mass is 10.1. The summed E-state index contributed by atoms with van der Waals surface area (Å²) in [7, 11) is 1.96. The molecule has 2 aliphatic heterocycles. The van der Waals surface area contributed by atoms with Gasteiger partial charge in [0, 0.05) is 49.7 Å². The summed E-state index contributed by atoms with van der Waals surface area (Å²) in [4.78, 5) is 16.2. The first-order valence-electron chi connectivity index (χ1n) is 7.74. The minimum atomic E-state index is 0.184. The van der Waals surface area contributed by atoms with Gasteiger partial charge in [-0.2, -0.15) is 0 Å². The number of nitrogens with zero attached hydrogens (tertiary/aromatic N) is 2. The number of carbonyl (C=O) groups excluding carboxylic acids is 1. The molecule has 0 bridgehead atoms. The van der Waals surface area contributed by atoms with Crippen molar-refractivity contribution >= 4 is 17.5 Å². The summed E-state index contributed by atoms with van der Waals surface area (Å²) in [5.74, 6) is 1.13. The quantitative estimate of drug-likeness (QED) is 0.902. The molecule has 0 atom stereocenters. The van der Waals surface area contributed by atoms with Crippen LogP contribution in [0.15, 0.2) is 12.1 Å². The number of piperazine rings is 1. The fourth-order valence-electron chi connectivity index (χ4n) is 3.06. The number of halogens is 1. The van der Waals surface area contributed by atoms with E-state index in [-0.39, 0.29) is 5.91 Å². The van der Waals surface area contributed by atoms with Crippen LogP contribution in [0.5, 0.6) is 5.75 Å². The number of fused-ring (bicyclic) bond motifs is 1. The van der Waals surface area contributed by atoms with E-state index in [0.717, 1.165) is 48.9 Å². The van der Waals surface area contributed by atoms with E-state index in [0.29, 0.717) is 19.7 Å². The molecule has 1 N–H and O–H groups in total. The van der Waals surface area contributed by atoms with Crippen LogP contribution in [0.2, 0.25) is 5.02 Å². The van der Waals surface area contributed by atoms with Crippen molar-refractivity contribution in [1.29, 1.82) is 0 Å². The molecule has 0 unspecified atom stereocenters. The molecule has 2 aliphatic rings. The van der Waals surface area contributed by atoms with Crippen LogP contribution in [0, 0.1) is 0 Å². The van der Waals surface area contributed by atoms with Crippen molar-refractivity contribution in [3.8, 4) is 5.75 Å². The Bertz CT molecular complexity index is 559. The topological polar surface area (TPSA) is 44.8 Å². The summed E-state index contributed by atoms with van der Waals surface area (Å²) in [6, 6.07) is 3.91. The second-order valence-electron chi connectivity index (χ2n) is 5.95. The van der Waals surface area contributed by atoms with Gasteiger partial charge in [0.2, 0.25) is 5.91 Å². The Labute approximate surface area is 136 Å². The fraction of sp³-hybridized carbons (Fsp3) is 0.562. The lowest BCUT2D eigenvalue weighted by molar-refractivity contribution is -0.132. The van der Waals surface area contributed by atoms with Crippen LogP contribution in [0.25, 0.3) is 0 Å². The summed E-state index contributed by atoms with van der Waals surface area (Å²) in [5, 5.41) is 4.00. The van der Waals surface area contributed by atoms with E-state index < -0.39 is 0 Å². The van der Waals surface area contributed by atoms with Crippen molar-refractivity contribution in [2.75, 3.05) is 46.4 Å². The second-order valence-corrected chi connectivity index (χ2v) is 6.39. The number of nitrogens with one attached hydrogen (secondary N) is 1. The molecule has 0 saturated carbocycles. The molecule has 1 amide bonds. The number of amides is 1. The smallest absolute Gasteiger partial charge is 0.236 e. The first-order valence-corrected chi connectivity index (χ1v) is 8.12. The third-order valence-corrected chi connectivity index (χ3v) is 4.36. The fourth-order valence-corrected chi connectivity index (χ4v) is 3.32. The predicted molar refractivity (Wildman–Crippen MR) is 86.4 cm³/mol. The third kappa shape index (κ3) is 3.54. The van der Waals surface area contributed by atoms with E-state index in [1.54, 1.807) is 0 Å². The van der Waals surface area contributed by atoms with Gasteiger partial charge in [0.1, 0.15) is 5.75 Å². The Balaban J connectivity index is 1.62. The molecule has 2 heterocycles. The average Bonchev–Trinajstić information content (AvgIpc) is 2.96. The Morgan fingerprint density at radius 2 is 2.18 bits per heavy atom. The summed E-state index contributed by atoms with van der Waals surface area (Å²) in [6.45, 7) is 5.15. The molecule has 0 aromatic heterocycles. The van der Waals surface area contributed by atoms with Crippen LogP contribution in [0.1, 0.15) is 11.1 Å². The van der Waals surface area contributed by atoms with Crippen LogP contribution >= 0.6 is 11.6 Å². The average molecular weight is 324 g/mol. The highest BCUT2D eigenvalue weighted by Gasteiger charge is 2.21. The summed E-state index contributed by atoms with van der Waals surface area (Å²) in [5.41, 5.74) is 2.24. The molecular formula is C16H22ClN3O2. The van der Waals surface area contributed by atoms with Crippen LogP contribution in [0.3, 0.4) is 0 Å². The van der Waals surface area contributed by atoms with E-state index in [4.69, 9.17) is 16.3 Å². The molecule has 1 fully saturated rings. The van der Waals surface area contributed by atoms with Gasteiger partial charge in [0.05, 0.1) is 13.2 Å². The molecule has 3 rings (SSSR count). The number of likely N-dealkylation sites (N-methyl/N-ethyl adjacent to an activating group) is 1. The van der Waals surface area contributed by atoms with E-state index in [9.17, 15) is 4.79 Å². The highest BCUT2D eigenvalue weighted by Crippen LogP contribution is 2.33. The van der Waals surface area contributed by atoms with Crippen molar-refractivity contribution in [3.63, 3.8) is 0 Å². The van der Waals surface area contributed by atoms with Crippen molar-refractivity contribution in [3.05, 3.63) is 28.3 Å². The zero-order valence-electron chi connectivity index (χ0n) is 12.9. The molecule has 0 radical (unpaired) electrons. The van der Waals surface area contributed by atoms with Gasteiger partial charge >= 0.3 is 0 Å². The Kier molecular flexibility index (Phi) is 4.86. The standard InChI is InChI=1S/C16H22ClN3O2/c1-19(11-15(21)20-5-3-18-4-6-20)10-13-9-14(17)8-12-2-7-22-16(12)13/h8-9,18H,2-7,10-11H2,1H3. The van der Waals surface area contributed by atoms with Gasteiger partial charge in [-0.3, -0.25) is 9.69 Å². The first kappa shape index (κ1) is 15.6. The van der Waals surface area contributed by atoms with Gasteiger partial charge in [-0.1, -0.05) is 11.6 Å². The number of carbonyl (C=O) groups is 1. The molecule has 120 valence electrons. The van der Waals surface area contributed by atoms with Crippen LogP contribution < -0.4 is 10.1 Å². The van der Waals surface area contributed by atoms with Gasteiger partial charge in [0.25, 0.3) is 0 Å². The van der Waals surface area contributed by atoms with Gasteiger partial charge in [-0.05, 0) is 24.7 Å². The van der Waals surface area contributed by atoms with E-state index in [1.165, 1.54) is 5.56 Å². The molecule has 1 saturated heterocycles. The number of rotatable bonds is 4. The molecule has 0 aliphatic carbocycles. The van der Waals surface area contributed by atoms with Gasteiger partial charge in [-0.25, -0.2) is 0 Å². The highest BCUT2D eigenvalue weighted by molar-refractivity contribution is 6.30. The maximum atomic E-state index is 12.3. The van der Waals surface area contributed by atoms with Crippen molar-refractivity contribution in [2.45, 2.75) is 13.0 Å². The number of benzene rings is 1. The lowest BCUT2D eigenvalue weighted by Crippen LogP contribution is -2.49. The molecule has 0 spiro atoms. The summed E-state index contributed by atoms with van der Waals surface area (Å²) < 4.78 is 5.72. The molecule has 22 heavy (non-hydrogen) atoms. The monoisotopic (exact) mass is 323 g/mol. The normalized spacial score (nSPS) is 17.5. The Morgan fingerprint density at radius 3 is 2.95 bits per heavy atom. The maximum absolute atomic E-state index is 12.3. The number of hydrogen-bond acceptors (Lipinski definition) is 4. The number of hydrogen-bond donors (Lipinski definition) is 1. The van der Waals surface area contributed by atoms with Crippen molar-refractivity contribution in [1.82, 2.24) is 15.1 Å². The Hall–Kier alpha value is -1.30. The van der Waals surface area contributed by atoms with Gasteiger partial charge < -0.3 is 15.0 Å². The molecule has 5 nitrogen and oxygen atoms in total. The minimum Gasteiger partial charge on any atom is -0.493 e. The third-order valence-electron chi connectivity index (χ3n) is 4.14. The number of ether oxygens (including phenoxy) is 1. The maximum Gasteiger partial charge on any atom is 0.236 e. The van der Waals surface area contributed by atoms with Crippen LogP contribution in [-0.4, -0.2) is 62.1 Å². The first-order chi connectivity index (χ1) is 10.6. The van der Waals surface area contributed by atoms with E-state index >= 15 is 0 Å². The second kappa shape index (κ2) is 6.86. The summed E-state index contributed by atoms with van der Waals surface area (Å²) in [6.07, 6.45) is 0.909. The summed E-state index contributed by atoms with van der Waals surface area (Å²) >= 11 is 6.18. The molecular weight excluding hydrogens is 302 g/mol. The molecule has 6 heteroatoms.